The van der Waals surface area contributed by atoms with Gasteiger partial charge in [-0.25, -0.2) is 4.79 Å². The normalized spacial score (nSPS) is 12.4. The molecule has 0 saturated carbocycles. The van der Waals surface area contributed by atoms with Gasteiger partial charge in [0.05, 0.1) is 19.6 Å². The van der Waals surface area contributed by atoms with Gasteiger partial charge in [-0.3, -0.25) is 4.79 Å². The maximum atomic E-state index is 12.3. The van der Waals surface area contributed by atoms with Crippen molar-refractivity contribution in [2.75, 3.05) is 14.2 Å². The van der Waals surface area contributed by atoms with Crippen LogP contribution in [0.1, 0.15) is 26.3 Å². The summed E-state index contributed by atoms with van der Waals surface area (Å²) in [6.07, 6.45) is 0. The number of ether oxygens (including phenoxy) is 2. The van der Waals surface area contributed by atoms with E-state index in [2.05, 4.69) is 10.1 Å². The molecule has 1 aromatic rings. The molecule has 0 heterocycles. The third-order valence-corrected chi connectivity index (χ3v) is 3.28. The number of benzene rings is 1. The van der Waals surface area contributed by atoms with E-state index in [1.54, 1.807) is 40.0 Å². The lowest BCUT2D eigenvalue weighted by Gasteiger charge is -2.26. The summed E-state index contributed by atoms with van der Waals surface area (Å²) in [5, 5.41) is 2.65. The summed E-state index contributed by atoms with van der Waals surface area (Å²) in [5.41, 5.74) is 0.0852. The van der Waals surface area contributed by atoms with Gasteiger partial charge < -0.3 is 14.8 Å². The van der Waals surface area contributed by atoms with E-state index < -0.39 is 17.4 Å². The molecule has 0 saturated heterocycles. The predicted octanol–water partition coefficient (Wildman–Crippen LogP) is 1.65. The Labute approximate surface area is 119 Å². The standard InChI is InChI=1S/C15H21NO4/c1-10(13(17)20-5)16-14(18)15(2,3)11-6-8-12(19-4)9-7-11/h6-10H,1-5H3,(H,16,18). The SMILES string of the molecule is COC(=O)C(C)NC(=O)C(C)(C)c1ccc(OC)cc1. The molecule has 1 amide bonds. The van der Waals surface area contributed by atoms with Crippen LogP contribution in [0, 0.1) is 0 Å². The second-order valence-corrected chi connectivity index (χ2v) is 5.07. The number of nitrogens with one attached hydrogen (secondary N) is 1. The van der Waals surface area contributed by atoms with Crippen LogP contribution < -0.4 is 10.1 Å². The molecule has 0 aliphatic rings. The Morgan fingerprint density at radius 1 is 1.15 bits per heavy atom. The number of rotatable bonds is 5. The molecule has 1 atom stereocenters. The van der Waals surface area contributed by atoms with E-state index in [1.165, 1.54) is 7.11 Å². The van der Waals surface area contributed by atoms with Crippen molar-refractivity contribution in [2.24, 2.45) is 0 Å². The molecule has 5 heteroatoms. The fourth-order valence-electron chi connectivity index (χ4n) is 1.75. The molecular weight excluding hydrogens is 258 g/mol. The Balaban J connectivity index is 2.85. The number of carbonyl (C=O) groups is 2. The van der Waals surface area contributed by atoms with Gasteiger partial charge in [0.1, 0.15) is 11.8 Å². The van der Waals surface area contributed by atoms with Crippen LogP contribution >= 0.6 is 0 Å². The third-order valence-electron chi connectivity index (χ3n) is 3.28. The first-order valence-electron chi connectivity index (χ1n) is 6.36. The van der Waals surface area contributed by atoms with Crippen molar-refractivity contribution in [1.29, 1.82) is 0 Å². The van der Waals surface area contributed by atoms with E-state index in [0.717, 1.165) is 11.3 Å². The molecular formula is C15H21NO4. The summed E-state index contributed by atoms with van der Waals surface area (Å²) < 4.78 is 9.68. The van der Waals surface area contributed by atoms with E-state index >= 15 is 0 Å². The summed E-state index contributed by atoms with van der Waals surface area (Å²) in [4.78, 5) is 23.6. The fourth-order valence-corrected chi connectivity index (χ4v) is 1.75. The summed E-state index contributed by atoms with van der Waals surface area (Å²) in [6, 6.07) is 6.59. The monoisotopic (exact) mass is 279 g/mol. The van der Waals surface area contributed by atoms with E-state index in [1.807, 2.05) is 12.1 Å². The highest BCUT2D eigenvalue weighted by Gasteiger charge is 2.31. The van der Waals surface area contributed by atoms with Crippen molar-refractivity contribution in [3.05, 3.63) is 29.8 Å². The highest BCUT2D eigenvalue weighted by molar-refractivity contribution is 5.91. The molecule has 20 heavy (non-hydrogen) atoms. The van der Waals surface area contributed by atoms with E-state index in [4.69, 9.17) is 4.74 Å². The Morgan fingerprint density at radius 2 is 1.70 bits per heavy atom. The number of hydrogen-bond donors (Lipinski definition) is 1. The lowest BCUT2D eigenvalue weighted by molar-refractivity contribution is -0.145. The fraction of sp³-hybridized carbons (Fsp3) is 0.467. The van der Waals surface area contributed by atoms with Gasteiger partial charge in [0.2, 0.25) is 5.91 Å². The molecule has 1 N–H and O–H groups in total. The van der Waals surface area contributed by atoms with Crippen molar-refractivity contribution >= 4 is 11.9 Å². The average Bonchev–Trinajstić information content (AvgIpc) is 2.46. The van der Waals surface area contributed by atoms with Gasteiger partial charge in [0.25, 0.3) is 0 Å². The predicted molar refractivity (Wildman–Crippen MR) is 75.6 cm³/mol. The van der Waals surface area contributed by atoms with Crippen molar-refractivity contribution in [3.63, 3.8) is 0 Å². The second-order valence-electron chi connectivity index (χ2n) is 5.07. The minimum absolute atomic E-state index is 0.236. The number of amides is 1. The van der Waals surface area contributed by atoms with Crippen LogP contribution in [0.2, 0.25) is 0 Å². The summed E-state index contributed by atoms with van der Waals surface area (Å²) in [6.45, 7) is 5.19. The lowest BCUT2D eigenvalue weighted by Crippen LogP contribution is -2.47. The van der Waals surface area contributed by atoms with Crippen LogP contribution in [0.4, 0.5) is 0 Å². The zero-order valence-corrected chi connectivity index (χ0v) is 12.5. The van der Waals surface area contributed by atoms with Crippen LogP contribution in [0.25, 0.3) is 0 Å². The average molecular weight is 279 g/mol. The first kappa shape index (κ1) is 16.0. The second kappa shape index (κ2) is 6.41. The highest BCUT2D eigenvalue weighted by Crippen LogP contribution is 2.25. The van der Waals surface area contributed by atoms with Gasteiger partial charge in [0, 0.05) is 0 Å². The molecule has 0 radical (unpaired) electrons. The topological polar surface area (TPSA) is 64.6 Å². The van der Waals surface area contributed by atoms with Gasteiger partial charge in [-0.2, -0.15) is 0 Å². The van der Waals surface area contributed by atoms with Gasteiger partial charge in [-0.05, 0) is 38.5 Å². The molecule has 1 aromatic carbocycles. The number of methoxy groups -OCH3 is 2. The summed E-state index contributed by atoms with van der Waals surface area (Å²) in [7, 11) is 2.88. The molecule has 0 aliphatic heterocycles. The minimum Gasteiger partial charge on any atom is -0.497 e. The number of hydrogen-bond acceptors (Lipinski definition) is 4. The Morgan fingerprint density at radius 3 is 2.15 bits per heavy atom. The molecule has 0 aliphatic carbocycles. The van der Waals surface area contributed by atoms with Crippen molar-refractivity contribution in [1.82, 2.24) is 5.32 Å². The molecule has 1 rings (SSSR count). The first-order chi connectivity index (χ1) is 9.32. The lowest BCUT2D eigenvalue weighted by atomic mass is 9.83. The van der Waals surface area contributed by atoms with Gasteiger partial charge in [0.15, 0.2) is 0 Å². The van der Waals surface area contributed by atoms with Gasteiger partial charge in [-0.1, -0.05) is 12.1 Å². The maximum absolute atomic E-state index is 12.3. The zero-order valence-electron chi connectivity index (χ0n) is 12.5. The van der Waals surface area contributed by atoms with E-state index in [-0.39, 0.29) is 5.91 Å². The number of esters is 1. The largest absolute Gasteiger partial charge is 0.497 e. The van der Waals surface area contributed by atoms with Crippen LogP contribution in [0.3, 0.4) is 0 Å². The van der Waals surface area contributed by atoms with Crippen LogP contribution in [-0.4, -0.2) is 32.1 Å². The molecule has 5 nitrogen and oxygen atoms in total. The third kappa shape index (κ3) is 3.50. The summed E-state index contributed by atoms with van der Waals surface area (Å²) in [5.74, 6) is 0.0253. The Kier molecular flexibility index (Phi) is 5.13. The molecule has 1 unspecified atom stereocenters. The minimum atomic E-state index is -0.755. The van der Waals surface area contributed by atoms with Gasteiger partial charge >= 0.3 is 5.97 Å². The van der Waals surface area contributed by atoms with Crippen molar-refractivity contribution < 1.29 is 19.1 Å². The summed E-state index contributed by atoms with van der Waals surface area (Å²) >= 11 is 0. The molecule has 0 aromatic heterocycles. The Hall–Kier alpha value is -2.04. The van der Waals surface area contributed by atoms with Crippen LogP contribution in [0.5, 0.6) is 5.75 Å². The molecule has 110 valence electrons. The first-order valence-corrected chi connectivity index (χ1v) is 6.36. The molecule has 0 fully saturated rings. The molecule has 0 spiro atoms. The Bertz CT molecular complexity index is 479. The van der Waals surface area contributed by atoms with Crippen molar-refractivity contribution in [2.45, 2.75) is 32.2 Å². The number of carbonyl (C=O) groups excluding carboxylic acids is 2. The smallest absolute Gasteiger partial charge is 0.328 e. The quantitative estimate of drug-likeness (QED) is 0.832. The highest BCUT2D eigenvalue weighted by atomic mass is 16.5. The van der Waals surface area contributed by atoms with Gasteiger partial charge in [-0.15, -0.1) is 0 Å². The van der Waals surface area contributed by atoms with Crippen molar-refractivity contribution in [3.8, 4) is 5.75 Å². The zero-order chi connectivity index (χ0) is 15.3. The maximum Gasteiger partial charge on any atom is 0.328 e. The van der Waals surface area contributed by atoms with E-state index in [0.29, 0.717) is 0 Å². The van der Waals surface area contributed by atoms with Crippen LogP contribution in [0.15, 0.2) is 24.3 Å². The van der Waals surface area contributed by atoms with E-state index in [9.17, 15) is 9.59 Å². The molecule has 0 bridgehead atoms. The van der Waals surface area contributed by atoms with Crippen LogP contribution in [-0.2, 0) is 19.7 Å².